The summed E-state index contributed by atoms with van der Waals surface area (Å²) in [4.78, 5) is 12.4. The number of ether oxygens (including phenoxy) is 4. The molecule has 4 aliphatic heterocycles. The van der Waals surface area contributed by atoms with Crippen molar-refractivity contribution in [2.45, 2.75) is 12.8 Å². The van der Waals surface area contributed by atoms with Crippen molar-refractivity contribution in [3.05, 3.63) is 71.2 Å². The van der Waals surface area contributed by atoms with Crippen LogP contribution in [0.4, 0.5) is 0 Å². The van der Waals surface area contributed by atoms with Crippen molar-refractivity contribution in [1.82, 2.24) is 10.1 Å². The predicted octanol–water partition coefficient (Wildman–Crippen LogP) is 3.78. The molecule has 4 heterocycles. The van der Waals surface area contributed by atoms with Crippen LogP contribution in [0.15, 0.2) is 65.7 Å². The topological polar surface area (TPSA) is 105 Å². The van der Waals surface area contributed by atoms with E-state index in [1.54, 1.807) is 24.3 Å². The SMILES string of the molecule is O=C1CC2=CC(=C(OP(=O)(ON3CCOCC3)ON3CCOCC3)C=CC2)Oc2ccc(cc2)/C=C\CO1. The zero-order chi connectivity index (χ0) is 26.2. The maximum atomic E-state index is 14.1. The molecule has 2 fully saturated rings. The van der Waals surface area contributed by atoms with Gasteiger partial charge in [-0.3, -0.25) is 4.79 Å². The molecule has 204 valence electrons. The highest BCUT2D eigenvalue weighted by Gasteiger charge is 2.38. The second kappa shape index (κ2) is 12.9. The molecule has 0 amide bonds. The van der Waals surface area contributed by atoms with Crippen molar-refractivity contribution in [3.63, 3.8) is 0 Å². The number of allylic oxidation sites excluding steroid dienone is 3. The van der Waals surface area contributed by atoms with Gasteiger partial charge in [-0.05, 0) is 42.3 Å². The van der Waals surface area contributed by atoms with E-state index in [0.717, 1.165) is 11.1 Å². The van der Waals surface area contributed by atoms with Gasteiger partial charge in [-0.1, -0.05) is 29.9 Å². The number of morpholine rings is 2. The van der Waals surface area contributed by atoms with Gasteiger partial charge in [-0.2, -0.15) is 19.4 Å². The summed E-state index contributed by atoms with van der Waals surface area (Å²) in [6.07, 6.45) is 9.34. The van der Waals surface area contributed by atoms with Crippen LogP contribution in [-0.2, 0) is 37.3 Å². The molecule has 1 aliphatic carbocycles. The number of carbonyl (C=O) groups excluding carboxylic acids is 1. The molecule has 0 N–H and O–H groups in total. The van der Waals surface area contributed by atoms with Gasteiger partial charge in [0.05, 0.1) is 32.8 Å². The number of benzene rings is 1. The van der Waals surface area contributed by atoms with Crippen molar-refractivity contribution in [3.8, 4) is 5.75 Å². The third kappa shape index (κ3) is 7.64. The van der Waals surface area contributed by atoms with Crippen molar-refractivity contribution < 1.29 is 42.1 Å². The lowest BCUT2D eigenvalue weighted by atomic mass is 10.1. The first kappa shape index (κ1) is 26.8. The van der Waals surface area contributed by atoms with Crippen LogP contribution < -0.4 is 4.74 Å². The molecule has 2 saturated heterocycles. The van der Waals surface area contributed by atoms with E-state index >= 15 is 0 Å². The van der Waals surface area contributed by atoms with E-state index in [9.17, 15) is 9.36 Å². The smallest absolute Gasteiger partial charge is 0.461 e. The number of hydrogen-bond donors (Lipinski definition) is 0. The van der Waals surface area contributed by atoms with Gasteiger partial charge in [0, 0.05) is 26.2 Å². The van der Waals surface area contributed by atoms with Gasteiger partial charge in [0.15, 0.2) is 11.5 Å². The average Bonchev–Trinajstić information content (AvgIpc) is 3.09. The Morgan fingerprint density at radius 3 is 2.16 bits per heavy atom. The fourth-order valence-corrected chi connectivity index (χ4v) is 5.42. The highest BCUT2D eigenvalue weighted by molar-refractivity contribution is 7.48. The largest absolute Gasteiger partial charge is 0.564 e. The van der Waals surface area contributed by atoms with Gasteiger partial charge in [0.2, 0.25) is 0 Å². The van der Waals surface area contributed by atoms with E-state index in [4.69, 9.17) is 32.7 Å². The van der Waals surface area contributed by atoms with Gasteiger partial charge in [0.25, 0.3) is 0 Å². The molecule has 0 atom stereocenters. The van der Waals surface area contributed by atoms with E-state index in [1.807, 2.05) is 30.3 Å². The molecule has 11 nitrogen and oxygen atoms in total. The Balaban J connectivity index is 1.47. The molecule has 12 heteroatoms. The molecular formula is C26H31N2O9P. The van der Waals surface area contributed by atoms with Crippen molar-refractivity contribution in [1.29, 1.82) is 0 Å². The normalized spacial score (nSPS) is 22.6. The number of fused-ring (bicyclic) bond motifs is 6. The molecule has 4 bridgehead atoms. The van der Waals surface area contributed by atoms with E-state index in [1.165, 1.54) is 10.1 Å². The molecule has 1 aromatic carbocycles. The summed E-state index contributed by atoms with van der Waals surface area (Å²) in [5.74, 6) is 0.593. The van der Waals surface area contributed by atoms with E-state index < -0.39 is 7.82 Å². The number of phosphoric acid groups is 1. The first-order chi connectivity index (χ1) is 18.5. The molecule has 38 heavy (non-hydrogen) atoms. The Bertz CT molecular complexity index is 1130. The number of hydroxylamine groups is 4. The van der Waals surface area contributed by atoms with Crippen LogP contribution >= 0.6 is 7.82 Å². The number of nitrogens with zero attached hydrogens (tertiary/aromatic N) is 2. The molecule has 0 saturated carbocycles. The monoisotopic (exact) mass is 546 g/mol. The van der Waals surface area contributed by atoms with Crippen LogP contribution in [0.2, 0.25) is 0 Å². The first-order valence-corrected chi connectivity index (χ1v) is 14.1. The molecule has 5 aliphatic rings. The lowest BCUT2D eigenvalue weighted by Crippen LogP contribution is -2.39. The summed E-state index contributed by atoms with van der Waals surface area (Å²) >= 11 is 0. The molecule has 6 rings (SSSR count). The zero-order valence-corrected chi connectivity index (χ0v) is 21.9. The summed E-state index contributed by atoms with van der Waals surface area (Å²) in [5, 5.41) is 3.04. The Morgan fingerprint density at radius 2 is 1.50 bits per heavy atom. The van der Waals surface area contributed by atoms with Gasteiger partial charge in [-0.15, -0.1) is 0 Å². The molecule has 0 spiro atoms. The highest BCUT2D eigenvalue weighted by atomic mass is 31.2. The summed E-state index contributed by atoms with van der Waals surface area (Å²) < 4.78 is 54.0. The van der Waals surface area contributed by atoms with Crippen LogP contribution in [-0.4, -0.2) is 75.3 Å². The number of carbonyl (C=O) groups is 1. The van der Waals surface area contributed by atoms with Gasteiger partial charge < -0.3 is 23.5 Å². The lowest BCUT2D eigenvalue weighted by Gasteiger charge is -2.32. The maximum absolute atomic E-state index is 14.1. The van der Waals surface area contributed by atoms with Crippen LogP contribution in [0, 0.1) is 0 Å². The molecule has 0 aromatic heterocycles. The second-order valence-electron chi connectivity index (χ2n) is 8.86. The van der Waals surface area contributed by atoms with Crippen LogP contribution in [0.1, 0.15) is 18.4 Å². The Morgan fingerprint density at radius 1 is 0.842 bits per heavy atom. The number of hydrogen-bond acceptors (Lipinski definition) is 11. The Kier molecular flexibility index (Phi) is 9.08. The molecule has 0 radical (unpaired) electrons. The summed E-state index contributed by atoms with van der Waals surface area (Å²) in [6, 6.07) is 7.40. The summed E-state index contributed by atoms with van der Waals surface area (Å²) in [6.45, 7) is 3.54. The maximum Gasteiger partial charge on any atom is 0.564 e. The third-order valence-corrected chi connectivity index (χ3v) is 7.22. The minimum absolute atomic E-state index is 0.0715. The third-order valence-electron chi connectivity index (χ3n) is 5.94. The van der Waals surface area contributed by atoms with Crippen molar-refractivity contribution >= 4 is 19.9 Å². The van der Waals surface area contributed by atoms with Gasteiger partial charge in [-0.25, -0.2) is 4.57 Å². The average molecular weight is 547 g/mol. The predicted molar refractivity (Wildman–Crippen MR) is 136 cm³/mol. The Hall–Kier alpha value is -2.76. The van der Waals surface area contributed by atoms with E-state index in [0.29, 0.717) is 64.8 Å². The van der Waals surface area contributed by atoms with Gasteiger partial charge in [0.1, 0.15) is 12.4 Å². The summed E-state index contributed by atoms with van der Waals surface area (Å²) in [5.41, 5.74) is 1.67. The zero-order valence-electron chi connectivity index (χ0n) is 21.0. The Labute approximate surface area is 221 Å². The van der Waals surface area contributed by atoms with Crippen LogP contribution in [0.5, 0.6) is 5.75 Å². The number of esters is 1. The minimum Gasteiger partial charge on any atom is -0.461 e. The number of rotatable bonds is 6. The van der Waals surface area contributed by atoms with Crippen LogP contribution in [0.25, 0.3) is 6.08 Å². The van der Waals surface area contributed by atoms with Crippen molar-refractivity contribution in [2.24, 2.45) is 0 Å². The minimum atomic E-state index is -4.22. The fourth-order valence-electron chi connectivity index (χ4n) is 4.04. The van der Waals surface area contributed by atoms with Crippen molar-refractivity contribution in [2.75, 3.05) is 59.2 Å². The molecule has 1 aromatic rings. The van der Waals surface area contributed by atoms with Gasteiger partial charge >= 0.3 is 13.8 Å². The molecule has 0 unspecified atom stereocenters. The van der Waals surface area contributed by atoms with E-state index in [-0.39, 0.29) is 30.5 Å². The molecular weight excluding hydrogens is 515 g/mol. The lowest BCUT2D eigenvalue weighted by molar-refractivity contribution is -0.180. The second-order valence-corrected chi connectivity index (χ2v) is 10.3. The highest BCUT2D eigenvalue weighted by Crippen LogP contribution is 2.54. The standard InChI is InChI=1S/C26H31N2O9P/c29-26-20-22-3-1-5-24(25(19-22)34-23-8-6-21(7-9-23)4-2-14-33-26)35-38(30,36-27-10-15-31-16-11-27)37-28-12-17-32-18-13-28/h1-2,4-9,19H,3,10-18,20H2/b4-2-. The van der Waals surface area contributed by atoms with Crippen LogP contribution in [0.3, 0.4) is 0 Å². The first-order valence-electron chi connectivity index (χ1n) is 12.6. The quantitative estimate of drug-likeness (QED) is 0.385. The summed E-state index contributed by atoms with van der Waals surface area (Å²) in [7, 11) is -4.22. The fraction of sp³-hybridized carbons (Fsp3) is 0.423. The van der Waals surface area contributed by atoms with E-state index in [2.05, 4.69) is 0 Å².